The molecule has 0 aliphatic carbocycles. The Labute approximate surface area is 102 Å². The van der Waals surface area contributed by atoms with Gasteiger partial charge >= 0.3 is 0 Å². The first-order valence-corrected chi connectivity index (χ1v) is 7.35. The zero-order valence-electron chi connectivity index (χ0n) is 10.0. The standard InChI is InChI=1S/C11H19N3O2S/c1-9-3-2-4-14(8-9)17(15,16)11-5-10(6-12)13-7-11/h5,7,9,13H,2-4,6,8,12H2,1H3. The Morgan fingerprint density at radius 2 is 2.35 bits per heavy atom. The van der Waals surface area contributed by atoms with Gasteiger partial charge in [-0.15, -0.1) is 0 Å². The molecule has 3 N–H and O–H groups in total. The summed E-state index contributed by atoms with van der Waals surface area (Å²) in [6, 6.07) is 1.62. The number of rotatable bonds is 3. The Hall–Kier alpha value is -0.850. The third kappa shape index (κ3) is 2.53. The van der Waals surface area contributed by atoms with Crippen molar-refractivity contribution >= 4 is 10.0 Å². The largest absolute Gasteiger partial charge is 0.363 e. The minimum Gasteiger partial charge on any atom is -0.363 e. The van der Waals surface area contributed by atoms with Gasteiger partial charge < -0.3 is 10.7 Å². The van der Waals surface area contributed by atoms with Crippen LogP contribution in [0.25, 0.3) is 0 Å². The first-order chi connectivity index (χ1) is 8.04. The van der Waals surface area contributed by atoms with Crippen LogP contribution in [0, 0.1) is 5.92 Å². The van der Waals surface area contributed by atoms with Crippen molar-refractivity contribution in [3.05, 3.63) is 18.0 Å². The molecule has 5 nitrogen and oxygen atoms in total. The summed E-state index contributed by atoms with van der Waals surface area (Å²) in [7, 11) is -3.34. The lowest BCUT2D eigenvalue weighted by Crippen LogP contribution is -2.38. The van der Waals surface area contributed by atoms with Crippen molar-refractivity contribution in [2.24, 2.45) is 11.7 Å². The number of piperidine rings is 1. The van der Waals surface area contributed by atoms with Crippen molar-refractivity contribution in [3.63, 3.8) is 0 Å². The topological polar surface area (TPSA) is 79.2 Å². The monoisotopic (exact) mass is 257 g/mol. The molecule has 0 saturated carbocycles. The minimum atomic E-state index is -3.34. The second kappa shape index (κ2) is 4.80. The molecule has 0 aromatic carbocycles. The Kier molecular flexibility index (Phi) is 3.56. The molecule has 0 radical (unpaired) electrons. The zero-order chi connectivity index (χ0) is 12.5. The van der Waals surface area contributed by atoms with E-state index in [4.69, 9.17) is 5.73 Å². The van der Waals surface area contributed by atoms with E-state index in [9.17, 15) is 8.42 Å². The molecule has 1 saturated heterocycles. The highest BCUT2D eigenvalue weighted by Gasteiger charge is 2.29. The SMILES string of the molecule is CC1CCCN(S(=O)(=O)c2c[nH]c(CN)c2)C1. The van der Waals surface area contributed by atoms with Gasteiger partial charge in [-0.1, -0.05) is 6.92 Å². The lowest BCUT2D eigenvalue weighted by molar-refractivity contribution is 0.281. The van der Waals surface area contributed by atoms with E-state index in [2.05, 4.69) is 11.9 Å². The normalized spacial score (nSPS) is 22.8. The van der Waals surface area contributed by atoms with Gasteiger partial charge in [0.2, 0.25) is 10.0 Å². The van der Waals surface area contributed by atoms with Gasteiger partial charge in [0.05, 0.1) is 4.90 Å². The number of hydrogen-bond acceptors (Lipinski definition) is 3. The van der Waals surface area contributed by atoms with Gasteiger partial charge in [0.15, 0.2) is 0 Å². The number of H-pyrrole nitrogens is 1. The van der Waals surface area contributed by atoms with Crippen molar-refractivity contribution in [3.8, 4) is 0 Å². The van der Waals surface area contributed by atoms with Gasteiger partial charge in [0, 0.05) is 31.5 Å². The van der Waals surface area contributed by atoms with Crippen LogP contribution in [0.5, 0.6) is 0 Å². The summed E-state index contributed by atoms with van der Waals surface area (Å²) in [6.45, 7) is 3.65. The first kappa shape index (κ1) is 12.6. The predicted molar refractivity (Wildman–Crippen MR) is 65.8 cm³/mol. The fourth-order valence-electron chi connectivity index (χ4n) is 2.20. The lowest BCUT2D eigenvalue weighted by atomic mass is 10.0. The highest BCUT2D eigenvalue weighted by Crippen LogP contribution is 2.23. The highest BCUT2D eigenvalue weighted by molar-refractivity contribution is 7.89. The minimum absolute atomic E-state index is 0.325. The maximum absolute atomic E-state index is 12.3. The van der Waals surface area contributed by atoms with Crippen molar-refractivity contribution < 1.29 is 8.42 Å². The van der Waals surface area contributed by atoms with Crippen molar-refractivity contribution in [2.45, 2.75) is 31.2 Å². The molecule has 1 aromatic heterocycles. The molecular weight excluding hydrogens is 238 g/mol. The number of aromatic amines is 1. The molecule has 1 aliphatic rings. The second-order valence-electron chi connectivity index (χ2n) is 4.68. The van der Waals surface area contributed by atoms with E-state index in [-0.39, 0.29) is 0 Å². The van der Waals surface area contributed by atoms with Crippen LogP contribution in [-0.2, 0) is 16.6 Å². The molecule has 0 bridgehead atoms. The smallest absolute Gasteiger partial charge is 0.244 e. The third-order valence-corrected chi connectivity index (χ3v) is 5.04. The molecule has 1 fully saturated rings. The van der Waals surface area contributed by atoms with E-state index in [0.29, 0.717) is 30.4 Å². The number of hydrogen-bond donors (Lipinski definition) is 2. The Bertz CT molecular complexity index is 481. The van der Waals surface area contributed by atoms with E-state index < -0.39 is 10.0 Å². The fourth-order valence-corrected chi connectivity index (χ4v) is 3.82. The van der Waals surface area contributed by atoms with E-state index in [1.807, 2.05) is 0 Å². The number of aromatic nitrogens is 1. The summed E-state index contributed by atoms with van der Waals surface area (Å²) in [5.74, 6) is 0.437. The predicted octanol–water partition coefficient (Wildman–Crippen LogP) is 0.894. The Morgan fingerprint density at radius 1 is 1.59 bits per heavy atom. The maximum Gasteiger partial charge on any atom is 0.244 e. The quantitative estimate of drug-likeness (QED) is 0.844. The molecule has 1 aliphatic heterocycles. The third-order valence-electron chi connectivity index (χ3n) is 3.19. The summed E-state index contributed by atoms with van der Waals surface area (Å²) in [5, 5.41) is 0. The molecule has 1 aromatic rings. The molecular formula is C11H19N3O2S. The number of nitrogens with two attached hydrogens (primary N) is 1. The highest BCUT2D eigenvalue weighted by atomic mass is 32.2. The van der Waals surface area contributed by atoms with E-state index in [0.717, 1.165) is 18.5 Å². The van der Waals surface area contributed by atoms with Crippen molar-refractivity contribution in [1.29, 1.82) is 0 Å². The summed E-state index contributed by atoms with van der Waals surface area (Å²) >= 11 is 0. The van der Waals surface area contributed by atoms with E-state index in [1.54, 1.807) is 10.4 Å². The van der Waals surface area contributed by atoms with Crippen LogP contribution in [0.3, 0.4) is 0 Å². The van der Waals surface area contributed by atoms with Gasteiger partial charge in [0.25, 0.3) is 0 Å². The average molecular weight is 257 g/mol. The maximum atomic E-state index is 12.3. The van der Waals surface area contributed by atoms with Crippen LogP contribution in [0.1, 0.15) is 25.5 Å². The summed E-state index contributed by atoms with van der Waals surface area (Å²) in [5.41, 5.74) is 6.21. The molecule has 0 amide bonds. The van der Waals surface area contributed by atoms with Gasteiger partial charge in [0.1, 0.15) is 0 Å². The molecule has 0 spiro atoms. The number of nitrogens with zero attached hydrogens (tertiary/aromatic N) is 1. The lowest BCUT2D eigenvalue weighted by Gasteiger charge is -2.29. The summed E-state index contributed by atoms with van der Waals surface area (Å²) in [6.07, 6.45) is 3.57. The van der Waals surface area contributed by atoms with Crippen molar-refractivity contribution in [1.82, 2.24) is 9.29 Å². The molecule has 1 unspecified atom stereocenters. The first-order valence-electron chi connectivity index (χ1n) is 5.91. The van der Waals surface area contributed by atoms with Gasteiger partial charge in [-0.25, -0.2) is 8.42 Å². The van der Waals surface area contributed by atoms with Crippen LogP contribution < -0.4 is 5.73 Å². The summed E-state index contributed by atoms with van der Waals surface area (Å²) in [4.78, 5) is 3.21. The molecule has 1 atom stereocenters. The van der Waals surface area contributed by atoms with E-state index in [1.165, 1.54) is 6.20 Å². The van der Waals surface area contributed by atoms with Gasteiger partial charge in [-0.2, -0.15) is 4.31 Å². The molecule has 6 heteroatoms. The van der Waals surface area contributed by atoms with Gasteiger partial charge in [-0.05, 0) is 24.8 Å². The molecule has 2 heterocycles. The summed E-state index contributed by atoms with van der Waals surface area (Å²) < 4.78 is 26.2. The molecule has 17 heavy (non-hydrogen) atoms. The van der Waals surface area contributed by atoms with Crippen LogP contribution in [0.4, 0.5) is 0 Å². The zero-order valence-corrected chi connectivity index (χ0v) is 10.8. The number of sulfonamides is 1. The number of nitrogens with one attached hydrogen (secondary N) is 1. The van der Waals surface area contributed by atoms with Crippen LogP contribution in [0.15, 0.2) is 17.2 Å². The van der Waals surface area contributed by atoms with Crippen LogP contribution in [-0.4, -0.2) is 30.8 Å². The molecule has 2 rings (SSSR count). The van der Waals surface area contributed by atoms with Crippen LogP contribution >= 0.6 is 0 Å². The second-order valence-corrected chi connectivity index (χ2v) is 6.61. The van der Waals surface area contributed by atoms with Crippen LogP contribution in [0.2, 0.25) is 0 Å². The van der Waals surface area contributed by atoms with E-state index >= 15 is 0 Å². The average Bonchev–Trinajstić information content (AvgIpc) is 2.78. The van der Waals surface area contributed by atoms with Gasteiger partial charge in [-0.3, -0.25) is 0 Å². The van der Waals surface area contributed by atoms with Crippen molar-refractivity contribution in [2.75, 3.05) is 13.1 Å². The Balaban J connectivity index is 2.23. The Morgan fingerprint density at radius 3 is 2.94 bits per heavy atom. The molecule has 96 valence electrons. The fraction of sp³-hybridized carbons (Fsp3) is 0.636.